The zero-order chi connectivity index (χ0) is 19.6. The predicted octanol–water partition coefficient (Wildman–Crippen LogP) is 3.32. The Balaban J connectivity index is 1.69. The molecule has 0 atom stereocenters. The van der Waals surface area contributed by atoms with Crippen LogP contribution in [0.25, 0.3) is 11.5 Å². The summed E-state index contributed by atoms with van der Waals surface area (Å²) in [7, 11) is -3.66. The van der Waals surface area contributed by atoms with Gasteiger partial charge in [0, 0.05) is 13.0 Å². The number of aryl methyl sites for hydroxylation is 3. The Morgan fingerprint density at radius 3 is 2.41 bits per heavy atom. The van der Waals surface area contributed by atoms with Gasteiger partial charge in [-0.1, -0.05) is 29.8 Å². The van der Waals surface area contributed by atoms with Crippen LogP contribution in [-0.4, -0.2) is 25.2 Å². The van der Waals surface area contributed by atoms with Crippen molar-refractivity contribution in [3.05, 3.63) is 64.8 Å². The van der Waals surface area contributed by atoms with E-state index in [4.69, 9.17) is 4.42 Å². The first kappa shape index (κ1) is 19.2. The Hall–Kier alpha value is -2.58. The van der Waals surface area contributed by atoms with E-state index in [1.54, 1.807) is 26.0 Å². The Morgan fingerprint density at radius 2 is 1.74 bits per heavy atom. The molecule has 0 saturated carbocycles. The lowest BCUT2D eigenvalue weighted by atomic mass is 10.1. The van der Waals surface area contributed by atoms with Crippen LogP contribution in [0.5, 0.6) is 0 Å². The van der Waals surface area contributed by atoms with Crippen molar-refractivity contribution in [2.24, 2.45) is 0 Å². The summed E-state index contributed by atoms with van der Waals surface area (Å²) in [6.07, 6.45) is 0.199. The summed E-state index contributed by atoms with van der Waals surface area (Å²) in [6.45, 7) is 5.56. The maximum absolute atomic E-state index is 13.8. The topological polar surface area (TPSA) is 85.1 Å². The maximum atomic E-state index is 13.8. The summed E-state index contributed by atoms with van der Waals surface area (Å²) >= 11 is 0. The number of aromatic nitrogens is 2. The van der Waals surface area contributed by atoms with Crippen molar-refractivity contribution >= 4 is 10.0 Å². The zero-order valence-electron chi connectivity index (χ0n) is 15.3. The fourth-order valence-electron chi connectivity index (χ4n) is 3.05. The molecular formula is C19H20FN3O3S. The van der Waals surface area contributed by atoms with Crippen LogP contribution in [0.1, 0.15) is 22.6 Å². The Bertz CT molecular complexity index is 1050. The second-order valence-corrected chi connectivity index (χ2v) is 8.06. The molecule has 1 aromatic heterocycles. The molecule has 0 unspecified atom stereocenters. The third-order valence-corrected chi connectivity index (χ3v) is 5.84. The van der Waals surface area contributed by atoms with Gasteiger partial charge in [0.15, 0.2) is 0 Å². The minimum Gasteiger partial charge on any atom is -0.421 e. The number of nitrogens with zero attached hydrogens (tertiary/aromatic N) is 2. The lowest BCUT2D eigenvalue weighted by Gasteiger charge is -2.12. The van der Waals surface area contributed by atoms with Gasteiger partial charge in [-0.15, -0.1) is 10.2 Å². The van der Waals surface area contributed by atoms with Crippen molar-refractivity contribution in [3.8, 4) is 11.5 Å². The molecule has 1 heterocycles. The SMILES string of the molecule is Cc1cc(C)c(S(=O)(=O)NCCc2nnc(-c3ccccc3F)o2)c(C)c1. The van der Waals surface area contributed by atoms with Crippen LogP contribution in [0.3, 0.4) is 0 Å². The molecular weight excluding hydrogens is 369 g/mol. The molecule has 1 N–H and O–H groups in total. The predicted molar refractivity (Wildman–Crippen MR) is 99.2 cm³/mol. The van der Waals surface area contributed by atoms with Crippen LogP contribution in [0.15, 0.2) is 45.7 Å². The number of benzene rings is 2. The van der Waals surface area contributed by atoms with Crippen LogP contribution in [-0.2, 0) is 16.4 Å². The van der Waals surface area contributed by atoms with Crippen LogP contribution < -0.4 is 4.72 Å². The van der Waals surface area contributed by atoms with Crippen molar-refractivity contribution in [2.75, 3.05) is 6.54 Å². The highest BCUT2D eigenvalue weighted by atomic mass is 32.2. The monoisotopic (exact) mass is 389 g/mol. The van der Waals surface area contributed by atoms with E-state index in [9.17, 15) is 12.8 Å². The fraction of sp³-hybridized carbons (Fsp3) is 0.263. The number of nitrogens with one attached hydrogen (secondary N) is 1. The third-order valence-electron chi connectivity index (χ3n) is 4.08. The average Bonchev–Trinajstić information content (AvgIpc) is 3.02. The highest BCUT2D eigenvalue weighted by molar-refractivity contribution is 7.89. The van der Waals surface area contributed by atoms with E-state index in [0.29, 0.717) is 11.1 Å². The standard InChI is InChI=1S/C19H20FN3O3S/c1-12-10-13(2)18(14(3)11-12)27(24,25)21-9-8-17-22-23-19(26-17)15-6-4-5-7-16(15)20/h4-7,10-11,21H,8-9H2,1-3H3. The molecule has 2 aromatic carbocycles. The summed E-state index contributed by atoms with van der Waals surface area (Å²) < 4.78 is 47.0. The maximum Gasteiger partial charge on any atom is 0.250 e. The summed E-state index contributed by atoms with van der Waals surface area (Å²) in [5.74, 6) is -0.164. The molecule has 3 rings (SSSR count). The van der Waals surface area contributed by atoms with E-state index < -0.39 is 15.8 Å². The van der Waals surface area contributed by atoms with Crippen LogP contribution >= 0.6 is 0 Å². The summed E-state index contributed by atoms with van der Waals surface area (Å²) in [5, 5.41) is 7.68. The van der Waals surface area contributed by atoms with E-state index in [0.717, 1.165) is 5.56 Å². The Morgan fingerprint density at radius 1 is 1.07 bits per heavy atom. The Labute approximate surface area is 157 Å². The van der Waals surface area contributed by atoms with Crippen molar-refractivity contribution in [3.63, 3.8) is 0 Å². The van der Waals surface area contributed by atoms with Gasteiger partial charge >= 0.3 is 0 Å². The third kappa shape index (κ3) is 4.23. The number of halogens is 1. The summed E-state index contributed by atoms with van der Waals surface area (Å²) in [6, 6.07) is 9.75. The van der Waals surface area contributed by atoms with E-state index in [1.807, 2.05) is 19.1 Å². The summed E-state index contributed by atoms with van der Waals surface area (Å²) in [4.78, 5) is 0.283. The molecule has 0 saturated heterocycles. The quantitative estimate of drug-likeness (QED) is 0.699. The van der Waals surface area contributed by atoms with Crippen LogP contribution in [0.4, 0.5) is 4.39 Å². The van der Waals surface area contributed by atoms with E-state index in [1.165, 1.54) is 12.1 Å². The smallest absolute Gasteiger partial charge is 0.250 e. The van der Waals surface area contributed by atoms with Gasteiger partial charge in [0.2, 0.25) is 15.9 Å². The van der Waals surface area contributed by atoms with Gasteiger partial charge < -0.3 is 4.42 Å². The average molecular weight is 389 g/mol. The molecule has 0 aliphatic carbocycles. The van der Waals surface area contributed by atoms with Crippen LogP contribution in [0, 0.1) is 26.6 Å². The lowest BCUT2D eigenvalue weighted by molar-refractivity contribution is 0.498. The van der Waals surface area contributed by atoms with Crippen LogP contribution in [0.2, 0.25) is 0 Å². The first-order valence-corrected chi connectivity index (χ1v) is 9.91. The van der Waals surface area contributed by atoms with Gasteiger partial charge in [-0.25, -0.2) is 17.5 Å². The highest BCUT2D eigenvalue weighted by Crippen LogP contribution is 2.22. The van der Waals surface area contributed by atoms with Crippen molar-refractivity contribution < 1.29 is 17.2 Å². The van der Waals surface area contributed by atoms with Gasteiger partial charge in [-0.3, -0.25) is 0 Å². The van der Waals surface area contributed by atoms with Gasteiger partial charge in [0.1, 0.15) is 5.82 Å². The highest BCUT2D eigenvalue weighted by Gasteiger charge is 2.20. The second-order valence-electron chi connectivity index (χ2n) is 6.36. The number of rotatable bonds is 6. The minimum absolute atomic E-state index is 0.0659. The first-order chi connectivity index (χ1) is 12.8. The van der Waals surface area contributed by atoms with Crippen molar-refractivity contribution in [2.45, 2.75) is 32.1 Å². The van der Waals surface area contributed by atoms with Gasteiger partial charge in [0.05, 0.1) is 10.5 Å². The molecule has 8 heteroatoms. The largest absolute Gasteiger partial charge is 0.421 e. The summed E-state index contributed by atoms with van der Waals surface area (Å²) in [5.41, 5.74) is 2.61. The van der Waals surface area contributed by atoms with E-state index in [2.05, 4.69) is 14.9 Å². The van der Waals surface area contributed by atoms with Gasteiger partial charge in [-0.2, -0.15) is 0 Å². The minimum atomic E-state index is -3.66. The molecule has 142 valence electrons. The van der Waals surface area contributed by atoms with E-state index in [-0.39, 0.29) is 35.2 Å². The normalized spacial score (nSPS) is 11.7. The van der Waals surface area contributed by atoms with Gasteiger partial charge in [0.25, 0.3) is 5.89 Å². The molecule has 0 spiro atoms. The molecule has 6 nitrogen and oxygen atoms in total. The molecule has 0 fully saturated rings. The number of hydrogen-bond acceptors (Lipinski definition) is 5. The zero-order valence-corrected chi connectivity index (χ0v) is 16.1. The lowest BCUT2D eigenvalue weighted by Crippen LogP contribution is -2.27. The Kier molecular flexibility index (Phi) is 5.38. The molecule has 0 aliphatic rings. The number of hydrogen-bond donors (Lipinski definition) is 1. The molecule has 0 radical (unpaired) electrons. The number of sulfonamides is 1. The fourth-order valence-corrected chi connectivity index (χ4v) is 4.53. The second kappa shape index (κ2) is 7.58. The van der Waals surface area contributed by atoms with Crippen molar-refractivity contribution in [1.29, 1.82) is 0 Å². The molecule has 27 heavy (non-hydrogen) atoms. The molecule has 0 aliphatic heterocycles. The molecule has 3 aromatic rings. The van der Waals surface area contributed by atoms with Gasteiger partial charge in [-0.05, 0) is 44.0 Å². The van der Waals surface area contributed by atoms with E-state index >= 15 is 0 Å². The molecule has 0 amide bonds. The van der Waals surface area contributed by atoms with Crippen molar-refractivity contribution in [1.82, 2.24) is 14.9 Å². The first-order valence-electron chi connectivity index (χ1n) is 8.43. The molecule has 0 bridgehead atoms.